The molecule has 9 heteroatoms. The second-order valence-electron chi connectivity index (χ2n) is 10.8. The molecule has 5 aromatic rings. The van der Waals surface area contributed by atoms with Gasteiger partial charge in [0.25, 0.3) is 0 Å². The van der Waals surface area contributed by atoms with Crippen LogP contribution in [0.3, 0.4) is 0 Å². The third kappa shape index (κ3) is 6.31. The summed E-state index contributed by atoms with van der Waals surface area (Å²) in [5, 5.41) is 2.87. The Hall–Kier alpha value is -4.63. The maximum Gasteiger partial charge on any atom is 0.412 e. The molecule has 6 rings (SSSR count). The Morgan fingerprint density at radius 1 is 1.02 bits per heavy atom. The number of aromatic nitrogens is 5. The number of ether oxygens (including phenoxy) is 1. The lowest BCUT2D eigenvalue weighted by Gasteiger charge is -2.35. The number of carbonyl (C=O) groups excluding carboxylic acids is 1. The van der Waals surface area contributed by atoms with Gasteiger partial charge in [-0.1, -0.05) is 42.5 Å². The first-order valence-corrected chi connectivity index (χ1v) is 14.5. The van der Waals surface area contributed by atoms with Gasteiger partial charge in [0.05, 0.1) is 34.2 Å². The fourth-order valence-electron chi connectivity index (χ4n) is 5.76. The molecule has 3 heterocycles. The lowest BCUT2D eigenvalue weighted by molar-refractivity contribution is 0.167. The van der Waals surface area contributed by atoms with Gasteiger partial charge >= 0.3 is 6.09 Å². The van der Waals surface area contributed by atoms with Crippen molar-refractivity contribution in [2.24, 2.45) is 0 Å². The SMILES string of the molecule is Cc1ncnc(C)c1OC(=O)NCc1cccc(CN(CCc2nc3ccccc3[nH]2)C2CCCc3cccnc32)c1. The number of nitrogens with one attached hydrogen (secondary N) is 2. The molecular formula is C33H35N7O2. The molecule has 1 atom stereocenters. The Balaban J connectivity index is 1.17. The van der Waals surface area contributed by atoms with Crippen LogP contribution in [0.4, 0.5) is 4.79 Å². The summed E-state index contributed by atoms with van der Waals surface area (Å²) in [6.45, 7) is 5.54. The van der Waals surface area contributed by atoms with Crippen molar-refractivity contribution in [3.63, 3.8) is 0 Å². The molecule has 1 aliphatic carbocycles. The van der Waals surface area contributed by atoms with Gasteiger partial charge in [-0.2, -0.15) is 0 Å². The van der Waals surface area contributed by atoms with Crippen LogP contribution in [0, 0.1) is 13.8 Å². The van der Waals surface area contributed by atoms with Gasteiger partial charge in [0.2, 0.25) is 0 Å². The van der Waals surface area contributed by atoms with Crippen LogP contribution in [-0.4, -0.2) is 42.5 Å². The number of imidazole rings is 1. The van der Waals surface area contributed by atoms with Gasteiger partial charge in [0, 0.05) is 32.3 Å². The molecule has 0 spiro atoms. The van der Waals surface area contributed by atoms with Crippen LogP contribution in [0.2, 0.25) is 0 Å². The summed E-state index contributed by atoms with van der Waals surface area (Å²) in [5.41, 5.74) is 8.01. The predicted octanol–water partition coefficient (Wildman–Crippen LogP) is 5.78. The first-order chi connectivity index (χ1) is 20.5. The molecule has 214 valence electrons. The maximum atomic E-state index is 12.5. The van der Waals surface area contributed by atoms with Crippen LogP contribution in [0.1, 0.15) is 58.5 Å². The third-order valence-electron chi connectivity index (χ3n) is 7.85. The fourth-order valence-corrected chi connectivity index (χ4v) is 5.76. The van der Waals surface area contributed by atoms with Gasteiger partial charge in [-0.25, -0.2) is 19.7 Å². The Morgan fingerprint density at radius 2 is 1.86 bits per heavy atom. The molecule has 42 heavy (non-hydrogen) atoms. The number of para-hydroxylation sites is 2. The lowest BCUT2D eigenvalue weighted by atomic mass is 9.90. The van der Waals surface area contributed by atoms with Gasteiger partial charge in [-0.3, -0.25) is 9.88 Å². The molecule has 3 aromatic heterocycles. The first kappa shape index (κ1) is 27.5. The van der Waals surface area contributed by atoms with Crippen LogP contribution >= 0.6 is 0 Å². The molecule has 1 amide bonds. The second-order valence-corrected chi connectivity index (χ2v) is 10.8. The molecule has 1 aliphatic rings. The van der Waals surface area contributed by atoms with E-state index in [4.69, 9.17) is 14.7 Å². The van der Waals surface area contributed by atoms with Crippen LogP contribution in [0.15, 0.2) is 73.2 Å². The molecule has 2 aromatic carbocycles. The van der Waals surface area contributed by atoms with E-state index in [1.807, 2.05) is 42.6 Å². The largest absolute Gasteiger partial charge is 0.412 e. The highest BCUT2D eigenvalue weighted by molar-refractivity contribution is 5.74. The van der Waals surface area contributed by atoms with Gasteiger partial charge in [0.1, 0.15) is 12.2 Å². The lowest BCUT2D eigenvalue weighted by Crippen LogP contribution is -2.33. The number of hydrogen-bond acceptors (Lipinski definition) is 7. The Labute approximate surface area is 245 Å². The van der Waals surface area contributed by atoms with E-state index in [9.17, 15) is 4.79 Å². The Kier molecular flexibility index (Phi) is 8.18. The van der Waals surface area contributed by atoms with Gasteiger partial charge < -0.3 is 15.0 Å². The number of carbonyl (C=O) groups is 1. The van der Waals surface area contributed by atoms with Crippen LogP contribution in [0.25, 0.3) is 11.0 Å². The van der Waals surface area contributed by atoms with E-state index in [0.717, 1.165) is 61.2 Å². The minimum atomic E-state index is -0.529. The van der Waals surface area contributed by atoms with Gasteiger partial charge in [0.15, 0.2) is 5.75 Å². The third-order valence-corrected chi connectivity index (χ3v) is 7.85. The number of hydrogen-bond donors (Lipinski definition) is 2. The molecule has 2 N–H and O–H groups in total. The molecule has 0 fully saturated rings. The second kappa shape index (κ2) is 12.5. The maximum absolute atomic E-state index is 12.5. The highest BCUT2D eigenvalue weighted by Crippen LogP contribution is 2.34. The topological polar surface area (TPSA) is 109 Å². The summed E-state index contributed by atoms with van der Waals surface area (Å²) in [4.78, 5) is 36.4. The van der Waals surface area contributed by atoms with Gasteiger partial charge in [-0.05, 0) is 68.0 Å². The number of fused-ring (bicyclic) bond motifs is 2. The predicted molar refractivity (Wildman–Crippen MR) is 161 cm³/mol. The van der Waals surface area contributed by atoms with Crippen molar-refractivity contribution < 1.29 is 9.53 Å². The molecular weight excluding hydrogens is 526 g/mol. The zero-order valence-corrected chi connectivity index (χ0v) is 24.0. The molecule has 0 saturated heterocycles. The highest BCUT2D eigenvalue weighted by Gasteiger charge is 2.27. The monoisotopic (exact) mass is 561 g/mol. The average molecular weight is 562 g/mol. The summed E-state index contributed by atoms with van der Waals surface area (Å²) < 4.78 is 5.50. The summed E-state index contributed by atoms with van der Waals surface area (Å²) in [5.74, 6) is 1.38. The zero-order chi connectivity index (χ0) is 28.9. The minimum Gasteiger partial charge on any atom is -0.406 e. The van der Waals surface area contributed by atoms with Crippen LogP contribution < -0.4 is 10.1 Å². The van der Waals surface area contributed by atoms with Crippen LogP contribution in [0.5, 0.6) is 5.75 Å². The fraction of sp³-hybridized carbons (Fsp3) is 0.303. The van der Waals surface area contributed by atoms with Crippen molar-refractivity contribution in [2.45, 2.75) is 58.7 Å². The van der Waals surface area contributed by atoms with Crippen molar-refractivity contribution in [1.29, 1.82) is 0 Å². The number of rotatable bonds is 9. The number of benzene rings is 2. The molecule has 0 bridgehead atoms. The van der Waals surface area contributed by atoms with Crippen molar-refractivity contribution in [1.82, 2.24) is 35.1 Å². The zero-order valence-electron chi connectivity index (χ0n) is 24.0. The standard InChI is InChI=1S/C33H35N7O2/c1-22-32(23(2)37-21-36-22)42-33(41)35-19-24-8-5-9-25(18-24)20-40(29-14-6-10-26-11-7-16-34-31(26)29)17-15-30-38-27-12-3-4-13-28(27)39-30/h3-5,7-9,11-13,16,18,21,29H,6,10,14-15,17,19-20H2,1-2H3,(H,35,41)(H,38,39). The van der Waals surface area contributed by atoms with E-state index in [1.165, 1.54) is 23.1 Å². The van der Waals surface area contributed by atoms with E-state index in [2.05, 4.69) is 49.4 Å². The molecule has 1 unspecified atom stereocenters. The number of pyridine rings is 1. The number of aromatic amines is 1. The van der Waals surface area contributed by atoms with Crippen LogP contribution in [-0.2, 0) is 25.9 Å². The van der Waals surface area contributed by atoms with Crippen molar-refractivity contribution >= 4 is 17.1 Å². The Bertz CT molecular complexity index is 1650. The summed E-state index contributed by atoms with van der Waals surface area (Å²) in [6, 6.07) is 21.0. The average Bonchev–Trinajstić information content (AvgIpc) is 3.43. The molecule has 0 aliphatic heterocycles. The molecule has 0 radical (unpaired) electrons. The quantitative estimate of drug-likeness (QED) is 0.235. The van der Waals surface area contributed by atoms with E-state index < -0.39 is 6.09 Å². The van der Waals surface area contributed by atoms with Crippen molar-refractivity contribution in [3.05, 3.63) is 113 Å². The molecule has 0 saturated carbocycles. The minimum absolute atomic E-state index is 0.232. The first-order valence-electron chi connectivity index (χ1n) is 14.5. The summed E-state index contributed by atoms with van der Waals surface area (Å²) >= 11 is 0. The highest BCUT2D eigenvalue weighted by atomic mass is 16.6. The van der Waals surface area contributed by atoms with Crippen molar-refractivity contribution in [2.75, 3.05) is 6.54 Å². The van der Waals surface area contributed by atoms with E-state index >= 15 is 0 Å². The normalized spacial score (nSPS) is 14.6. The number of H-pyrrole nitrogens is 1. The van der Waals surface area contributed by atoms with Gasteiger partial charge in [-0.15, -0.1) is 0 Å². The van der Waals surface area contributed by atoms with E-state index in [1.54, 1.807) is 13.8 Å². The summed E-state index contributed by atoms with van der Waals surface area (Å²) in [6.07, 6.45) is 6.93. The summed E-state index contributed by atoms with van der Waals surface area (Å²) in [7, 11) is 0. The Morgan fingerprint density at radius 3 is 2.71 bits per heavy atom. The van der Waals surface area contributed by atoms with E-state index in [-0.39, 0.29) is 6.04 Å². The number of amides is 1. The number of aryl methyl sites for hydroxylation is 3. The number of nitrogens with zero attached hydrogens (tertiary/aromatic N) is 5. The van der Waals surface area contributed by atoms with E-state index in [0.29, 0.717) is 23.7 Å². The smallest absolute Gasteiger partial charge is 0.406 e. The van der Waals surface area contributed by atoms with Crippen molar-refractivity contribution in [3.8, 4) is 5.75 Å². The molecule has 9 nitrogen and oxygen atoms in total.